The Labute approximate surface area is 157 Å². The molecule has 2 atom stereocenters. The van der Waals surface area contributed by atoms with Gasteiger partial charge in [-0.1, -0.05) is 6.07 Å². The second-order valence-electron chi connectivity index (χ2n) is 6.85. The van der Waals surface area contributed by atoms with Crippen molar-refractivity contribution < 1.29 is 13.2 Å². The molecule has 0 N–H and O–H groups in total. The summed E-state index contributed by atoms with van der Waals surface area (Å²) in [6.45, 7) is 1.97. The molecule has 0 spiro atoms. The predicted octanol–water partition coefficient (Wildman–Crippen LogP) is 1.92. The van der Waals surface area contributed by atoms with Gasteiger partial charge in [0, 0.05) is 46.3 Å². The van der Waals surface area contributed by atoms with E-state index in [2.05, 4.69) is 17.0 Å². The Morgan fingerprint density at radius 2 is 1.92 bits per heavy atom. The minimum Gasteiger partial charge on any atom is -0.497 e. The van der Waals surface area contributed by atoms with Gasteiger partial charge in [0.2, 0.25) is 0 Å². The zero-order chi connectivity index (χ0) is 17.5. The average molecular weight is 390 g/mol. The third-order valence-corrected chi connectivity index (χ3v) is 7.35. The molecule has 2 unspecified atom stereocenters. The molecule has 2 aliphatic heterocycles. The lowest BCUT2D eigenvalue weighted by molar-refractivity contribution is 0.0954. The van der Waals surface area contributed by atoms with Crippen LogP contribution < -0.4 is 4.74 Å². The number of methoxy groups -OCH3 is 1. The quantitative estimate of drug-likeness (QED) is 0.789. The Morgan fingerprint density at radius 3 is 2.56 bits per heavy atom. The van der Waals surface area contributed by atoms with Gasteiger partial charge in [0.1, 0.15) is 5.75 Å². The minimum atomic E-state index is -3.37. The number of benzene rings is 1. The van der Waals surface area contributed by atoms with E-state index in [9.17, 15) is 8.42 Å². The highest BCUT2D eigenvalue weighted by Crippen LogP contribution is 2.39. The van der Waals surface area contributed by atoms with Crippen LogP contribution in [-0.4, -0.2) is 69.3 Å². The average Bonchev–Trinajstić information content (AvgIpc) is 2.59. The summed E-state index contributed by atoms with van der Waals surface area (Å²) in [5, 5.41) is 0. The lowest BCUT2D eigenvalue weighted by Gasteiger charge is -2.45. The van der Waals surface area contributed by atoms with Gasteiger partial charge in [0.05, 0.1) is 7.11 Å². The zero-order valence-corrected chi connectivity index (χ0v) is 16.9. The van der Waals surface area contributed by atoms with E-state index in [1.165, 1.54) is 15.4 Å². The molecule has 0 aliphatic carbocycles. The van der Waals surface area contributed by atoms with E-state index in [4.69, 9.17) is 4.74 Å². The molecule has 2 aliphatic rings. The largest absolute Gasteiger partial charge is 0.497 e. The molecule has 1 aromatic rings. The molecule has 1 saturated heterocycles. The molecular formula is C17H28ClN3O3S. The standard InChI is InChI=1S/C17H27N3O3S.ClH/c1-18(2)24(21,22)19(3)14-8-10-20-9-7-13-11-15(23-4)5-6-16(13)17(20)12-14;/h5-6,11,14,17H,7-10,12H2,1-4H3;1H. The van der Waals surface area contributed by atoms with E-state index in [1.807, 2.05) is 6.07 Å². The van der Waals surface area contributed by atoms with Crippen molar-refractivity contribution in [1.29, 1.82) is 0 Å². The highest BCUT2D eigenvalue weighted by atomic mass is 35.5. The van der Waals surface area contributed by atoms with Crippen LogP contribution in [0.1, 0.15) is 30.0 Å². The molecular weight excluding hydrogens is 362 g/mol. The number of ether oxygens (including phenoxy) is 1. The lowest BCUT2D eigenvalue weighted by atomic mass is 9.85. The van der Waals surface area contributed by atoms with E-state index in [0.717, 1.165) is 38.1 Å². The van der Waals surface area contributed by atoms with Crippen LogP contribution in [-0.2, 0) is 16.6 Å². The number of piperidine rings is 1. The van der Waals surface area contributed by atoms with Crippen LogP contribution in [0.3, 0.4) is 0 Å². The van der Waals surface area contributed by atoms with Crippen LogP contribution in [0.2, 0.25) is 0 Å². The Hall–Kier alpha value is -0.860. The number of hydrogen-bond donors (Lipinski definition) is 0. The summed E-state index contributed by atoms with van der Waals surface area (Å²) >= 11 is 0. The fourth-order valence-electron chi connectivity index (χ4n) is 3.88. The number of hydrogen-bond acceptors (Lipinski definition) is 4. The molecule has 0 bridgehead atoms. The monoisotopic (exact) mass is 389 g/mol. The van der Waals surface area contributed by atoms with Gasteiger partial charge >= 0.3 is 0 Å². The summed E-state index contributed by atoms with van der Waals surface area (Å²) in [7, 11) is 3.19. The summed E-state index contributed by atoms with van der Waals surface area (Å²) in [5.74, 6) is 0.891. The Balaban J connectivity index is 0.00000225. The molecule has 8 heteroatoms. The smallest absolute Gasteiger partial charge is 0.281 e. The second kappa shape index (κ2) is 7.80. The van der Waals surface area contributed by atoms with Crippen LogP contribution in [0, 0.1) is 0 Å². The molecule has 2 heterocycles. The summed E-state index contributed by atoms with van der Waals surface area (Å²) in [6, 6.07) is 6.60. The topological polar surface area (TPSA) is 53.1 Å². The van der Waals surface area contributed by atoms with Gasteiger partial charge in [-0.2, -0.15) is 17.0 Å². The van der Waals surface area contributed by atoms with E-state index in [0.29, 0.717) is 6.04 Å². The molecule has 1 fully saturated rings. The van der Waals surface area contributed by atoms with Crippen molar-refractivity contribution in [2.45, 2.75) is 31.3 Å². The van der Waals surface area contributed by atoms with E-state index >= 15 is 0 Å². The van der Waals surface area contributed by atoms with Crippen molar-refractivity contribution in [3.05, 3.63) is 29.3 Å². The first-order chi connectivity index (χ1) is 11.3. The molecule has 0 saturated carbocycles. The third-order valence-electron chi connectivity index (χ3n) is 5.40. The minimum absolute atomic E-state index is 0. The van der Waals surface area contributed by atoms with Gasteiger partial charge in [-0.15, -0.1) is 12.4 Å². The normalized spacial score (nSPS) is 23.8. The van der Waals surface area contributed by atoms with E-state index in [1.54, 1.807) is 32.6 Å². The summed E-state index contributed by atoms with van der Waals surface area (Å²) in [6.07, 6.45) is 2.74. The fourth-order valence-corrected chi connectivity index (χ4v) is 4.96. The first-order valence-electron chi connectivity index (χ1n) is 8.41. The molecule has 1 aromatic carbocycles. The molecule has 6 nitrogen and oxygen atoms in total. The van der Waals surface area contributed by atoms with Crippen LogP contribution in [0.15, 0.2) is 18.2 Å². The maximum absolute atomic E-state index is 12.4. The van der Waals surface area contributed by atoms with Crippen LogP contribution in [0.25, 0.3) is 0 Å². The highest BCUT2D eigenvalue weighted by molar-refractivity contribution is 7.86. The Morgan fingerprint density at radius 1 is 1.20 bits per heavy atom. The molecule has 25 heavy (non-hydrogen) atoms. The number of nitrogens with zero attached hydrogens (tertiary/aromatic N) is 3. The van der Waals surface area contributed by atoms with Crippen LogP contribution in [0.4, 0.5) is 0 Å². The van der Waals surface area contributed by atoms with E-state index < -0.39 is 10.2 Å². The van der Waals surface area contributed by atoms with Crippen molar-refractivity contribution in [3.8, 4) is 5.75 Å². The van der Waals surface area contributed by atoms with Crippen molar-refractivity contribution >= 4 is 22.6 Å². The van der Waals surface area contributed by atoms with Crippen molar-refractivity contribution in [2.24, 2.45) is 0 Å². The fraction of sp³-hybridized carbons (Fsp3) is 0.647. The Kier molecular flexibility index (Phi) is 6.38. The zero-order valence-electron chi connectivity index (χ0n) is 15.3. The summed E-state index contributed by atoms with van der Waals surface area (Å²) < 4.78 is 33.1. The maximum Gasteiger partial charge on any atom is 0.281 e. The second-order valence-corrected chi connectivity index (χ2v) is 9.05. The number of halogens is 1. The van der Waals surface area contributed by atoms with Crippen molar-refractivity contribution in [1.82, 2.24) is 13.5 Å². The molecule has 0 radical (unpaired) electrons. The van der Waals surface area contributed by atoms with Gasteiger partial charge < -0.3 is 4.74 Å². The SMILES string of the molecule is COc1ccc2c(c1)CCN1CCC(N(C)S(=O)(=O)N(C)C)CC21.Cl. The van der Waals surface area contributed by atoms with Crippen LogP contribution >= 0.6 is 12.4 Å². The molecule has 0 amide bonds. The summed E-state index contributed by atoms with van der Waals surface area (Å²) in [5.41, 5.74) is 2.65. The Bertz CT molecular complexity index is 711. The van der Waals surface area contributed by atoms with Crippen molar-refractivity contribution in [3.63, 3.8) is 0 Å². The lowest BCUT2D eigenvalue weighted by Crippen LogP contribution is -2.51. The molecule has 142 valence electrons. The third kappa shape index (κ3) is 3.80. The van der Waals surface area contributed by atoms with Crippen molar-refractivity contribution in [2.75, 3.05) is 41.3 Å². The van der Waals surface area contributed by atoms with Gasteiger partial charge in [-0.25, -0.2) is 0 Å². The number of rotatable bonds is 4. The molecule has 0 aromatic heterocycles. The predicted molar refractivity (Wildman–Crippen MR) is 102 cm³/mol. The highest BCUT2D eigenvalue weighted by Gasteiger charge is 2.38. The number of fused-ring (bicyclic) bond motifs is 3. The van der Waals surface area contributed by atoms with Gasteiger partial charge in [0.25, 0.3) is 10.2 Å². The van der Waals surface area contributed by atoms with E-state index in [-0.39, 0.29) is 18.4 Å². The van der Waals surface area contributed by atoms with Gasteiger partial charge in [-0.3, -0.25) is 4.90 Å². The van der Waals surface area contributed by atoms with Crippen LogP contribution in [0.5, 0.6) is 5.75 Å². The molecule has 3 rings (SSSR count). The van der Waals surface area contributed by atoms with Gasteiger partial charge in [0.15, 0.2) is 0 Å². The van der Waals surface area contributed by atoms with Gasteiger partial charge in [-0.05, 0) is 42.5 Å². The summed E-state index contributed by atoms with van der Waals surface area (Å²) in [4.78, 5) is 2.49. The first kappa shape index (κ1) is 20.5. The first-order valence-corrected chi connectivity index (χ1v) is 9.80. The maximum atomic E-state index is 12.4.